The molecule has 0 saturated carbocycles. The van der Waals surface area contributed by atoms with E-state index in [-0.39, 0.29) is 10.8 Å². The highest BCUT2D eigenvalue weighted by atomic mass is 35.5. The average molecular weight is 421 g/mol. The Morgan fingerprint density at radius 1 is 1.14 bits per heavy atom. The zero-order valence-electron chi connectivity index (χ0n) is 15.4. The van der Waals surface area contributed by atoms with Gasteiger partial charge in [-0.2, -0.15) is 4.31 Å². The Hall–Kier alpha value is -2.19. The van der Waals surface area contributed by atoms with E-state index in [4.69, 9.17) is 16.3 Å². The van der Waals surface area contributed by atoms with Gasteiger partial charge in [-0.3, -0.25) is 4.79 Å². The van der Waals surface area contributed by atoms with Crippen LogP contribution in [0.2, 0.25) is 5.02 Å². The van der Waals surface area contributed by atoms with Gasteiger partial charge >= 0.3 is 0 Å². The van der Waals surface area contributed by atoms with Crippen molar-refractivity contribution in [1.29, 1.82) is 0 Å². The number of amides is 1. The summed E-state index contributed by atoms with van der Waals surface area (Å²) < 4.78 is 31.8. The number of hydrogen-bond donors (Lipinski definition) is 1. The highest BCUT2D eigenvalue weighted by molar-refractivity contribution is 7.89. The van der Waals surface area contributed by atoms with Gasteiger partial charge in [-0.25, -0.2) is 8.42 Å². The van der Waals surface area contributed by atoms with Crippen LogP contribution < -0.4 is 5.32 Å². The molecule has 1 N–H and O–H groups in total. The summed E-state index contributed by atoms with van der Waals surface area (Å²) in [5.41, 5.74) is 2.16. The molecule has 3 rings (SSSR count). The minimum absolute atomic E-state index is 0.227. The quantitative estimate of drug-likeness (QED) is 0.753. The number of anilines is 1. The molecule has 1 fully saturated rings. The Morgan fingerprint density at radius 3 is 2.50 bits per heavy atom. The van der Waals surface area contributed by atoms with Crippen LogP contribution in [0.4, 0.5) is 5.69 Å². The summed E-state index contributed by atoms with van der Waals surface area (Å²) in [6.07, 6.45) is 3.02. The van der Waals surface area contributed by atoms with Gasteiger partial charge in [-0.05, 0) is 48.4 Å². The lowest BCUT2D eigenvalue weighted by Crippen LogP contribution is -2.40. The van der Waals surface area contributed by atoms with Crippen LogP contribution >= 0.6 is 11.6 Å². The fraction of sp³-hybridized carbons (Fsp3) is 0.250. The number of sulfonamides is 1. The number of nitrogens with one attached hydrogen (secondary N) is 1. The molecule has 1 heterocycles. The molecule has 28 heavy (non-hydrogen) atoms. The Bertz CT molecular complexity index is 982. The predicted molar refractivity (Wildman–Crippen MR) is 110 cm³/mol. The SMILES string of the molecule is Cc1c(Cl)cccc1NC(=O)/C=C/c1ccc(S(=O)(=O)N2CCOCC2)cc1. The van der Waals surface area contributed by atoms with Crippen molar-refractivity contribution in [2.45, 2.75) is 11.8 Å². The van der Waals surface area contributed by atoms with Gasteiger partial charge in [0.15, 0.2) is 0 Å². The van der Waals surface area contributed by atoms with Crippen molar-refractivity contribution in [2.75, 3.05) is 31.6 Å². The second-order valence-electron chi connectivity index (χ2n) is 6.32. The van der Waals surface area contributed by atoms with Crippen LogP contribution in [0.5, 0.6) is 0 Å². The molecule has 1 saturated heterocycles. The average Bonchev–Trinajstić information content (AvgIpc) is 2.71. The Morgan fingerprint density at radius 2 is 1.82 bits per heavy atom. The fourth-order valence-electron chi connectivity index (χ4n) is 2.78. The standard InChI is InChI=1S/C20H21ClN2O4S/c1-15-18(21)3-2-4-19(15)22-20(24)10-7-16-5-8-17(9-6-16)28(25,26)23-11-13-27-14-12-23/h2-10H,11-14H2,1H3,(H,22,24)/b10-7+. The Kier molecular flexibility index (Phi) is 6.51. The molecule has 6 nitrogen and oxygen atoms in total. The van der Waals surface area contributed by atoms with Gasteiger partial charge in [0.25, 0.3) is 0 Å². The maximum absolute atomic E-state index is 12.6. The highest BCUT2D eigenvalue weighted by Gasteiger charge is 2.25. The number of halogens is 1. The molecular formula is C20H21ClN2O4S. The first kappa shape index (κ1) is 20.5. The zero-order chi connectivity index (χ0) is 20.1. The largest absolute Gasteiger partial charge is 0.379 e. The second kappa shape index (κ2) is 8.87. The van der Waals surface area contributed by atoms with E-state index in [1.54, 1.807) is 48.5 Å². The molecule has 8 heteroatoms. The number of rotatable bonds is 5. The first-order valence-electron chi connectivity index (χ1n) is 8.80. The molecule has 1 aliphatic rings. The molecule has 1 amide bonds. The minimum Gasteiger partial charge on any atom is -0.379 e. The van der Waals surface area contributed by atoms with Gasteiger partial charge in [0, 0.05) is 29.9 Å². The first-order chi connectivity index (χ1) is 13.4. The summed E-state index contributed by atoms with van der Waals surface area (Å²) in [6.45, 7) is 3.35. The smallest absolute Gasteiger partial charge is 0.248 e. The number of benzene rings is 2. The van der Waals surface area contributed by atoms with Crippen LogP contribution in [0.1, 0.15) is 11.1 Å². The van der Waals surface area contributed by atoms with Gasteiger partial charge in [0.05, 0.1) is 18.1 Å². The van der Waals surface area contributed by atoms with Crippen LogP contribution in [-0.4, -0.2) is 44.9 Å². The van der Waals surface area contributed by atoms with Crippen LogP contribution in [0.25, 0.3) is 6.08 Å². The first-order valence-corrected chi connectivity index (χ1v) is 10.6. The highest BCUT2D eigenvalue weighted by Crippen LogP contribution is 2.23. The molecule has 0 unspecified atom stereocenters. The number of nitrogens with zero attached hydrogens (tertiary/aromatic N) is 1. The van der Waals surface area contributed by atoms with Crippen molar-refractivity contribution in [1.82, 2.24) is 4.31 Å². The summed E-state index contributed by atoms with van der Waals surface area (Å²) in [7, 11) is -3.52. The van der Waals surface area contributed by atoms with E-state index in [1.165, 1.54) is 10.4 Å². The summed E-state index contributed by atoms with van der Waals surface area (Å²) >= 11 is 6.05. The number of morpholine rings is 1. The van der Waals surface area contributed by atoms with Crippen LogP contribution in [0.3, 0.4) is 0 Å². The van der Waals surface area contributed by atoms with E-state index in [1.807, 2.05) is 6.92 Å². The lowest BCUT2D eigenvalue weighted by Gasteiger charge is -2.26. The van der Waals surface area contributed by atoms with Crippen molar-refractivity contribution >= 4 is 39.3 Å². The van der Waals surface area contributed by atoms with Crippen LogP contribution in [0, 0.1) is 6.92 Å². The number of hydrogen-bond acceptors (Lipinski definition) is 4. The van der Waals surface area contributed by atoms with Gasteiger partial charge in [-0.15, -0.1) is 0 Å². The van der Waals surface area contributed by atoms with E-state index in [0.717, 1.165) is 11.1 Å². The second-order valence-corrected chi connectivity index (χ2v) is 8.67. The molecule has 0 atom stereocenters. The molecule has 0 spiro atoms. The number of carbonyl (C=O) groups is 1. The number of carbonyl (C=O) groups excluding carboxylic acids is 1. The molecule has 0 aliphatic carbocycles. The molecule has 2 aromatic carbocycles. The van der Waals surface area contributed by atoms with Gasteiger partial charge in [-0.1, -0.05) is 29.8 Å². The molecule has 148 valence electrons. The number of ether oxygens (including phenoxy) is 1. The third kappa shape index (κ3) is 4.80. The van der Waals surface area contributed by atoms with Gasteiger partial charge < -0.3 is 10.1 Å². The summed E-state index contributed by atoms with van der Waals surface area (Å²) in [5, 5.41) is 3.36. The third-order valence-corrected chi connectivity index (χ3v) is 6.76. The van der Waals surface area contributed by atoms with E-state index in [2.05, 4.69) is 5.32 Å². The Balaban J connectivity index is 1.66. The van der Waals surface area contributed by atoms with E-state index < -0.39 is 10.0 Å². The molecule has 1 aliphatic heterocycles. The normalized spacial score (nSPS) is 15.6. The lowest BCUT2D eigenvalue weighted by atomic mass is 10.2. The topological polar surface area (TPSA) is 75.7 Å². The van der Waals surface area contributed by atoms with Crippen molar-refractivity contribution in [3.05, 3.63) is 64.7 Å². The van der Waals surface area contributed by atoms with E-state index in [9.17, 15) is 13.2 Å². The molecular weight excluding hydrogens is 400 g/mol. The summed E-state index contributed by atoms with van der Waals surface area (Å²) in [5.74, 6) is -0.296. The van der Waals surface area contributed by atoms with Crippen molar-refractivity contribution < 1.29 is 17.9 Å². The third-order valence-electron chi connectivity index (χ3n) is 4.44. The fourth-order valence-corrected chi connectivity index (χ4v) is 4.36. The Labute approximate surface area is 169 Å². The monoisotopic (exact) mass is 420 g/mol. The van der Waals surface area contributed by atoms with E-state index in [0.29, 0.717) is 37.0 Å². The van der Waals surface area contributed by atoms with Crippen molar-refractivity contribution in [3.8, 4) is 0 Å². The van der Waals surface area contributed by atoms with Crippen molar-refractivity contribution in [2.24, 2.45) is 0 Å². The van der Waals surface area contributed by atoms with Crippen molar-refractivity contribution in [3.63, 3.8) is 0 Å². The predicted octanol–water partition coefficient (Wildman–Crippen LogP) is 3.32. The molecule has 2 aromatic rings. The maximum atomic E-state index is 12.6. The van der Waals surface area contributed by atoms with Gasteiger partial charge in [0.2, 0.25) is 15.9 Å². The van der Waals surface area contributed by atoms with Crippen LogP contribution in [0.15, 0.2) is 53.4 Å². The van der Waals surface area contributed by atoms with E-state index >= 15 is 0 Å². The van der Waals surface area contributed by atoms with Crippen LogP contribution in [-0.2, 0) is 19.6 Å². The zero-order valence-corrected chi connectivity index (χ0v) is 17.0. The summed E-state index contributed by atoms with van der Waals surface area (Å²) in [4.78, 5) is 12.4. The summed E-state index contributed by atoms with van der Waals surface area (Å²) in [6, 6.07) is 11.7. The minimum atomic E-state index is -3.52. The maximum Gasteiger partial charge on any atom is 0.248 e. The molecule has 0 radical (unpaired) electrons. The van der Waals surface area contributed by atoms with Gasteiger partial charge in [0.1, 0.15) is 0 Å². The lowest BCUT2D eigenvalue weighted by molar-refractivity contribution is -0.111. The molecule has 0 aromatic heterocycles. The molecule has 0 bridgehead atoms.